The van der Waals surface area contributed by atoms with E-state index < -0.39 is 5.97 Å². The molecule has 0 saturated heterocycles. The highest BCUT2D eigenvalue weighted by Gasteiger charge is 2.23. The Bertz CT molecular complexity index is 761. The van der Waals surface area contributed by atoms with Gasteiger partial charge in [-0.05, 0) is 24.6 Å². The van der Waals surface area contributed by atoms with Crippen LogP contribution < -0.4 is 14.8 Å². The van der Waals surface area contributed by atoms with Crippen LogP contribution in [-0.2, 0) is 4.74 Å². The van der Waals surface area contributed by atoms with E-state index in [9.17, 15) is 4.79 Å². The fraction of sp³-hybridized carbons (Fsp3) is 0.333. The van der Waals surface area contributed by atoms with Crippen LogP contribution in [0.3, 0.4) is 0 Å². The number of benzene rings is 1. The van der Waals surface area contributed by atoms with E-state index in [0.29, 0.717) is 18.0 Å². The molecule has 0 unspecified atom stereocenters. The van der Waals surface area contributed by atoms with Gasteiger partial charge in [0.15, 0.2) is 0 Å². The van der Waals surface area contributed by atoms with Crippen LogP contribution in [0.1, 0.15) is 33.9 Å². The smallest absolute Gasteiger partial charge is 0.343 e. The first-order valence-corrected chi connectivity index (χ1v) is 7.76. The topological polar surface area (TPSA) is 69.7 Å². The number of aryl methyl sites for hydroxylation is 1. The number of hydrogen-bond donors (Lipinski definition) is 1. The number of pyridine rings is 1. The van der Waals surface area contributed by atoms with Crippen LogP contribution in [0.5, 0.6) is 11.6 Å². The maximum atomic E-state index is 11.7. The van der Waals surface area contributed by atoms with Gasteiger partial charge in [0.2, 0.25) is 5.88 Å². The minimum atomic E-state index is -0.474. The molecule has 24 heavy (non-hydrogen) atoms. The summed E-state index contributed by atoms with van der Waals surface area (Å²) in [6, 6.07) is 9.60. The van der Waals surface area contributed by atoms with Gasteiger partial charge in [-0.15, -0.1) is 0 Å². The van der Waals surface area contributed by atoms with Crippen LogP contribution >= 0.6 is 0 Å². The molecule has 1 atom stereocenters. The van der Waals surface area contributed by atoms with Gasteiger partial charge in [-0.25, -0.2) is 4.79 Å². The maximum Gasteiger partial charge on any atom is 0.343 e. The van der Waals surface area contributed by atoms with Crippen LogP contribution in [0, 0.1) is 6.92 Å². The second-order valence-corrected chi connectivity index (χ2v) is 5.57. The molecule has 2 heterocycles. The molecule has 6 heteroatoms. The Morgan fingerprint density at radius 3 is 2.88 bits per heavy atom. The molecule has 3 rings (SSSR count). The Hall–Kier alpha value is -2.76. The zero-order valence-corrected chi connectivity index (χ0v) is 14.0. The van der Waals surface area contributed by atoms with E-state index in [1.807, 2.05) is 19.1 Å². The van der Waals surface area contributed by atoms with Crippen molar-refractivity contribution in [2.24, 2.45) is 0 Å². The van der Waals surface area contributed by atoms with Crippen molar-refractivity contribution >= 4 is 11.8 Å². The zero-order valence-electron chi connectivity index (χ0n) is 14.0. The first-order valence-electron chi connectivity index (χ1n) is 7.76. The molecule has 0 saturated carbocycles. The lowest BCUT2D eigenvalue weighted by atomic mass is 9.98. The van der Waals surface area contributed by atoms with Crippen molar-refractivity contribution < 1.29 is 19.0 Å². The summed E-state index contributed by atoms with van der Waals surface area (Å²) in [5.74, 6) is 1.33. The number of methoxy groups -OCH3 is 2. The Balaban J connectivity index is 1.88. The zero-order chi connectivity index (χ0) is 17.1. The van der Waals surface area contributed by atoms with Gasteiger partial charge in [-0.1, -0.05) is 18.2 Å². The van der Waals surface area contributed by atoms with E-state index in [-0.39, 0.29) is 11.9 Å². The average molecular weight is 328 g/mol. The van der Waals surface area contributed by atoms with Crippen molar-refractivity contribution in [3.63, 3.8) is 0 Å². The number of aromatic nitrogens is 1. The number of anilines is 1. The molecule has 0 spiro atoms. The molecule has 2 aromatic rings. The summed E-state index contributed by atoms with van der Waals surface area (Å²) in [7, 11) is 2.81. The first kappa shape index (κ1) is 16.1. The Labute approximate surface area is 140 Å². The van der Waals surface area contributed by atoms with Gasteiger partial charge in [0, 0.05) is 12.0 Å². The van der Waals surface area contributed by atoms with Gasteiger partial charge >= 0.3 is 5.97 Å². The maximum absolute atomic E-state index is 11.7. The van der Waals surface area contributed by atoms with Crippen molar-refractivity contribution in [3.05, 3.63) is 47.0 Å². The second kappa shape index (κ2) is 6.78. The molecule has 0 aliphatic carbocycles. The summed E-state index contributed by atoms with van der Waals surface area (Å²) in [5.41, 5.74) is 2.53. The third-order valence-electron chi connectivity index (χ3n) is 4.05. The molecular formula is C18H20N2O4. The van der Waals surface area contributed by atoms with E-state index in [0.717, 1.165) is 23.3 Å². The molecule has 0 bridgehead atoms. The summed E-state index contributed by atoms with van der Waals surface area (Å²) >= 11 is 0. The number of nitrogens with one attached hydrogen (secondary N) is 1. The Morgan fingerprint density at radius 2 is 2.12 bits per heavy atom. The van der Waals surface area contributed by atoms with E-state index >= 15 is 0 Å². The van der Waals surface area contributed by atoms with Crippen LogP contribution in [0.15, 0.2) is 30.3 Å². The molecule has 126 valence electrons. The number of hydrogen-bond acceptors (Lipinski definition) is 6. The van der Waals surface area contributed by atoms with E-state index in [1.165, 1.54) is 14.2 Å². The Kier molecular flexibility index (Phi) is 4.55. The van der Waals surface area contributed by atoms with Gasteiger partial charge in [-0.2, -0.15) is 4.98 Å². The first-order chi connectivity index (χ1) is 11.6. The van der Waals surface area contributed by atoms with Crippen LogP contribution in [0.2, 0.25) is 0 Å². The fourth-order valence-electron chi connectivity index (χ4n) is 2.85. The van der Waals surface area contributed by atoms with E-state index in [2.05, 4.69) is 16.4 Å². The molecule has 1 aromatic heterocycles. The molecule has 0 radical (unpaired) electrons. The van der Waals surface area contributed by atoms with Crippen molar-refractivity contribution in [1.82, 2.24) is 4.98 Å². The number of fused-ring (bicyclic) bond motifs is 1. The van der Waals surface area contributed by atoms with Crippen molar-refractivity contribution in [2.75, 3.05) is 26.1 Å². The van der Waals surface area contributed by atoms with Gasteiger partial charge in [0.1, 0.15) is 17.1 Å². The summed E-state index contributed by atoms with van der Waals surface area (Å²) in [6.45, 7) is 2.68. The van der Waals surface area contributed by atoms with Gasteiger partial charge in [-0.3, -0.25) is 0 Å². The summed E-state index contributed by atoms with van der Waals surface area (Å²) in [4.78, 5) is 16.1. The molecule has 1 aromatic carbocycles. The minimum Gasteiger partial charge on any atom is -0.493 e. The van der Waals surface area contributed by atoms with Gasteiger partial charge in [0.25, 0.3) is 0 Å². The number of nitrogens with zero attached hydrogens (tertiary/aromatic N) is 1. The highest BCUT2D eigenvalue weighted by molar-refractivity contribution is 5.92. The summed E-state index contributed by atoms with van der Waals surface area (Å²) in [6.07, 6.45) is 0.833. The standard InChI is InChI=1S/C18H20N2O4/c1-11-5-4-6-12-14(9-10-24-16(11)12)19-15-8-7-13(18(21)23-3)17(20-15)22-2/h4-8,14H,9-10H2,1-3H3,(H,19,20)/t14-/m0/s1. The normalized spacial score (nSPS) is 15.9. The lowest BCUT2D eigenvalue weighted by molar-refractivity contribution is 0.0596. The highest BCUT2D eigenvalue weighted by Crippen LogP contribution is 2.36. The quantitative estimate of drug-likeness (QED) is 0.870. The number of para-hydroxylation sites is 1. The largest absolute Gasteiger partial charge is 0.493 e. The number of carbonyl (C=O) groups excluding carboxylic acids is 1. The van der Waals surface area contributed by atoms with Crippen LogP contribution in [0.25, 0.3) is 0 Å². The molecule has 1 aliphatic rings. The molecule has 1 aliphatic heterocycles. The predicted molar refractivity (Wildman–Crippen MR) is 89.8 cm³/mol. The second-order valence-electron chi connectivity index (χ2n) is 5.57. The lowest BCUT2D eigenvalue weighted by Crippen LogP contribution is -2.21. The van der Waals surface area contributed by atoms with E-state index in [1.54, 1.807) is 12.1 Å². The molecule has 6 nitrogen and oxygen atoms in total. The third-order valence-corrected chi connectivity index (χ3v) is 4.05. The van der Waals surface area contributed by atoms with Crippen molar-refractivity contribution in [1.29, 1.82) is 0 Å². The number of carbonyl (C=O) groups is 1. The SMILES string of the molecule is COC(=O)c1ccc(N[C@H]2CCOc3c(C)cccc32)nc1OC. The summed E-state index contributed by atoms with van der Waals surface area (Å²) < 4.78 is 15.7. The molecular weight excluding hydrogens is 308 g/mol. The highest BCUT2D eigenvalue weighted by atomic mass is 16.5. The monoisotopic (exact) mass is 328 g/mol. The average Bonchev–Trinajstić information content (AvgIpc) is 2.62. The van der Waals surface area contributed by atoms with E-state index in [4.69, 9.17) is 14.2 Å². The Morgan fingerprint density at radius 1 is 1.29 bits per heavy atom. The predicted octanol–water partition coefficient (Wildman–Crippen LogP) is 3.12. The van der Waals surface area contributed by atoms with Gasteiger partial charge in [0.05, 0.1) is 26.9 Å². The number of ether oxygens (including phenoxy) is 3. The lowest BCUT2D eigenvalue weighted by Gasteiger charge is -2.28. The number of rotatable bonds is 4. The van der Waals surface area contributed by atoms with Crippen molar-refractivity contribution in [3.8, 4) is 11.6 Å². The van der Waals surface area contributed by atoms with Crippen molar-refractivity contribution in [2.45, 2.75) is 19.4 Å². The third kappa shape index (κ3) is 2.99. The molecule has 1 N–H and O–H groups in total. The van der Waals surface area contributed by atoms with Crippen LogP contribution in [0.4, 0.5) is 5.82 Å². The minimum absolute atomic E-state index is 0.0924. The molecule has 0 amide bonds. The fourth-order valence-corrected chi connectivity index (χ4v) is 2.85. The van der Waals surface area contributed by atoms with Gasteiger partial charge < -0.3 is 19.5 Å². The molecule has 0 fully saturated rings. The number of esters is 1. The summed E-state index contributed by atoms with van der Waals surface area (Å²) in [5, 5.41) is 3.40. The van der Waals surface area contributed by atoms with Crippen LogP contribution in [-0.4, -0.2) is 31.8 Å².